The Kier molecular flexibility index (Phi) is 3.70. The monoisotopic (exact) mass is 276 g/mol. The highest BCUT2D eigenvalue weighted by Gasteiger charge is 2.38. The zero-order valence-electron chi connectivity index (χ0n) is 12.3. The van der Waals surface area contributed by atoms with E-state index in [9.17, 15) is 9.59 Å². The summed E-state index contributed by atoms with van der Waals surface area (Å²) in [5.74, 6) is 0.527. The first-order valence-corrected chi connectivity index (χ1v) is 6.63. The summed E-state index contributed by atoms with van der Waals surface area (Å²) in [4.78, 5) is 27.6. The van der Waals surface area contributed by atoms with Crippen molar-refractivity contribution < 1.29 is 14.3 Å². The summed E-state index contributed by atoms with van der Waals surface area (Å²) in [6.07, 6.45) is 0.342. The summed E-state index contributed by atoms with van der Waals surface area (Å²) in [5, 5.41) is 0. The van der Waals surface area contributed by atoms with Crippen LogP contribution in [0.4, 0.5) is 10.5 Å². The second-order valence-electron chi connectivity index (χ2n) is 5.78. The van der Waals surface area contributed by atoms with Gasteiger partial charge in [0.2, 0.25) is 5.91 Å². The summed E-state index contributed by atoms with van der Waals surface area (Å²) < 4.78 is 5.09. The van der Waals surface area contributed by atoms with E-state index in [4.69, 9.17) is 4.74 Å². The lowest BCUT2D eigenvalue weighted by Crippen LogP contribution is -2.58. The highest BCUT2D eigenvalue weighted by Crippen LogP contribution is 2.27. The van der Waals surface area contributed by atoms with Crippen LogP contribution in [0, 0.1) is 0 Å². The molecule has 1 aliphatic heterocycles. The van der Waals surface area contributed by atoms with Crippen LogP contribution in [0.2, 0.25) is 0 Å². The Morgan fingerprint density at radius 3 is 2.20 bits per heavy atom. The van der Waals surface area contributed by atoms with Gasteiger partial charge in [0.15, 0.2) is 0 Å². The average Bonchev–Trinajstić information content (AvgIpc) is 2.38. The van der Waals surface area contributed by atoms with Crippen LogP contribution in [0.3, 0.4) is 0 Å². The van der Waals surface area contributed by atoms with Gasteiger partial charge >= 0.3 is 6.03 Å². The average molecular weight is 276 g/mol. The molecule has 0 N–H and O–H groups in total. The molecule has 0 bridgehead atoms. The van der Waals surface area contributed by atoms with Gasteiger partial charge in [0.1, 0.15) is 5.75 Å². The van der Waals surface area contributed by atoms with E-state index in [0.717, 1.165) is 0 Å². The van der Waals surface area contributed by atoms with Crippen molar-refractivity contribution in [2.24, 2.45) is 0 Å². The lowest BCUT2D eigenvalue weighted by molar-refractivity contribution is -0.119. The number of hydrogen-bond donors (Lipinski definition) is 0. The summed E-state index contributed by atoms with van der Waals surface area (Å²) in [7, 11) is 1.58. The Morgan fingerprint density at radius 2 is 1.70 bits per heavy atom. The molecule has 0 aliphatic carbocycles. The molecule has 0 atom stereocenters. The number of imide groups is 1. The third-order valence-electron chi connectivity index (χ3n) is 3.36. The second-order valence-corrected chi connectivity index (χ2v) is 5.78. The van der Waals surface area contributed by atoms with Crippen LogP contribution in [-0.4, -0.2) is 36.0 Å². The van der Waals surface area contributed by atoms with Crippen LogP contribution in [0.25, 0.3) is 0 Å². The molecule has 5 nitrogen and oxygen atoms in total. The summed E-state index contributed by atoms with van der Waals surface area (Å²) in [6.45, 7) is 6.36. The Bertz CT molecular complexity index is 517. The number of ether oxygens (including phenoxy) is 1. The predicted octanol–water partition coefficient (Wildman–Crippen LogP) is 2.65. The van der Waals surface area contributed by atoms with E-state index < -0.39 is 0 Å². The minimum absolute atomic E-state index is 0.166. The largest absolute Gasteiger partial charge is 0.497 e. The second kappa shape index (κ2) is 5.15. The van der Waals surface area contributed by atoms with E-state index >= 15 is 0 Å². The zero-order chi connectivity index (χ0) is 14.9. The van der Waals surface area contributed by atoms with Gasteiger partial charge in [-0.15, -0.1) is 0 Å². The van der Waals surface area contributed by atoms with Crippen LogP contribution in [-0.2, 0) is 4.79 Å². The number of amides is 3. The van der Waals surface area contributed by atoms with Crippen LogP contribution >= 0.6 is 0 Å². The van der Waals surface area contributed by atoms with Crippen molar-refractivity contribution in [3.8, 4) is 5.75 Å². The number of carbonyl (C=O) groups excluding carboxylic acids is 2. The Morgan fingerprint density at radius 1 is 1.10 bits per heavy atom. The van der Waals surface area contributed by atoms with Crippen LogP contribution in [0.5, 0.6) is 5.75 Å². The SMILES string of the molecule is COc1ccc(N2C(=O)CCN(C(C)(C)C)C2=O)cc1. The van der Waals surface area contributed by atoms with Gasteiger partial charge in [-0.25, -0.2) is 9.69 Å². The molecule has 1 saturated heterocycles. The van der Waals surface area contributed by atoms with E-state index in [1.807, 2.05) is 20.8 Å². The summed E-state index contributed by atoms with van der Waals surface area (Å²) in [6, 6.07) is 6.67. The van der Waals surface area contributed by atoms with Gasteiger partial charge in [-0.1, -0.05) is 0 Å². The molecule has 1 heterocycles. The summed E-state index contributed by atoms with van der Waals surface area (Å²) >= 11 is 0. The number of carbonyl (C=O) groups is 2. The third kappa shape index (κ3) is 2.61. The van der Waals surface area contributed by atoms with Crippen LogP contribution in [0.1, 0.15) is 27.2 Å². The lowest BCUT2D eigenvalue weighted by Gasteiger charge is -2.42. The van der Waals surface area contributed by atoms with Gasteiger partial charge in [-0.05, 0) is 45.0 Å². The van der Waals surface area contributed by atoms with Crippen molar-refractivity contribution >= 4 is 17.6 Å². The molecule has 0 radical (unpaired) electrons. The number of methoxy groups -OCH3 is 1. The molecule has 0 spiro atoms. The molecule has 3 amide bonds. The van der Waals surface area contributed by atoms with Crippen molar-refractivity contribution in [1.29, 1.82) is 0 Å². The molecule has 5 heteroatoms. The number of benzene rings is 1. The van der Waals surface area contributed by atoms with Gasteiger partial charge in [0, 0.05) is 18.5 Å². The van der Waals surface area contributed by atoms with Gasteiger partial charge in [-0.2, -0.15) is 0 Å². The molecule has 0 unspecified atom stereocenters. The fourth-order valence-corrected chi connectivity index (χ4v) is 2.25. The third-order valence-corrected chi connectivity index (χ3v) is 3.36. The van der Waals surface area contributed by atoms with Gasteiger partial charge < -0.3 is 9.64 Å². The minimum Gasteiger partial charge on any atom is -0.497 e. The molecule has 2 rings (SSSR count). The van der Waals surface area contributed by atoms with Crippen molar-refractivity contribution in [3.05, 3.63) is 24.3 Å². The molecule has 0 aromatic heterocycles. The topological polar surface area (TPSA) is 49.9 Å². The van der Waals surface area contributed by atoms with Crippen molar-refractivity contribution in [1.82, 2.24) is 4.90 Å². The molecular formula is C15H20N2O3. The van der Waals surface area contributed by atoms with E-state index in [0.29, 0.717) is 24.4 Å². The number of anilines is 1. The van der Waals surface area contributed by atoms with Crippen molar-refractivity contribution in [2.75, 3.05) is 18.6 Å². The molecule has 1 aliphatic rings. The molecular weight excluding hydrogens is 256 g/mol. The van der Waals surface area contributed by atoms with Gasteiger partial charge in [-0.3, -0.25) is 4.79 Å². The van der Waals surface area contributed by atoms with Gasteiger partial charge in [0.05, 0.1) is 12.8 Å². The first-order chi connectivity index (χ1) is 9.34. The number of hydrogen-bond acceptors (Lipinski definition) is 3. The van der Waals surface area contributed by atoms with Gasteiger partial charge in [0.25, 0.3) is 0 Å². The standard InChI is InChI=1S/C15H20N2O3/c1-15(2,3)16-10-9-13(18)17(14(16)19)11-5-7-12(20-4)8-6-11/h5-8H,9-10H2,1-4H3. The molecule has 20 heavy (non-hydrogen) atoms. The summed E-state index contributed by atoms with van der Waals surface area (Å²) in [5.41, 5.74) is 0.275. The lowest BCUT2D eigenvalue weighted by atomic mass is 10.0. The fraction of sp³-hybridized carbons (Fsp3) is 0.467. The normalized spacial score (nSPS) is 16.6. The molecule has 1 fully saturated rings. The van der Waals surface area contributed by atoms with E-state index in [2.05, 4.69) is 0 Å². The molecule has 1 aromatic carbocycles. The highest BCUT2D eigenvalue weighted by molar-refractivity contribution is 6.15. The van der Waals surface area contributed by atoms with E-state index in [1.54, 1.807) is 36.3 Å². The first kappa shape index (κ1) is 14.4. The Hall–Kier alpha value is -2.04. The van der Waals surface area contributed by atoms with E-state index in [-0.39, 0.29) is 17.5 Å². The Balaban J connectivity index is 2.32. The quantitative estimate of drug-likeness (QED) is 0.834. The maximum absolute atomic E-state index is 12.5. The van der Waals surface area contributed by atoms with Crippen molar-refractivity contribution in [3.63, 3.8) is 0 Å². The van der Waals surface area contributed by atoms with Crippen molar-refractivity contribution in [2.45, 2.75) is 32.7 Å². The zero-order valence-corrected chi connectivity index (χ0v) is 12.3. The first-order valence-electron chi connectivity index (χ1n) is 6.63. The fourth-order valence-electron chi connectivity index (χ4n) is 2.25. The Labute approximate surface area is 119 Å². The number of urea groups is 1. The smallest absolute Gasteiger partial charge is 0.331 e. The minimum atomic E-state index is -0.303. The van der Waals surface area contributed by atoms with Crippen LogP contribution < -0.4 is 9.64 Å². The predicted molar refractivity (Wildman–Crippen MR) is 77.0 cm³/mol. The maximum atomic E-state index is 12.5. The molecule has 1 aromatic rings. The number of nitrogens with zero attached hydrogens (tertiary/aromatic N) is 2. The molecule has 0 saturated carbocycles. The maximum Gasteiger partial charge on any atom is 0.331 e. The number of rotatable bonds is 2. The van der Waals surface area contributed by atoms with E-state index in [1.165, 1.54) is 4.90 Å². The molecule has 108 valence electrons. The van der Waals surface area contributed by atoms with Crippen LogP contribution in [0.15, 0.2) is 24.3 Å². The highest BCUT2D eigenvalue weighted by atomic mass is 16.5.